The van der Waals surface area contributed by atoms with Crippen LogP contribution in [0.15, 0.2) is 12.1 Å². The Balaban J connectivity index is 2.54. The second-order valence-electron chi connectivity index (χ2n) is 3.33. The van der Waals surface area contributed by atoms with Crippen molar-refractivity contribution in [1.29, 1.82) is 0 Å². The standard InChI is InChI=1S/C11H13F2NO4/c12-8-6-9(13)10(14)5-7(8)11(16)18-4-3-17-2-1-15/h5-6,15H,1-4,14H2. The summed E-state index contributed by atoms with van der Waals surface area (Å²) >= 11 is 0. The minimum Gasteiger partial charge on any atom is -0.460 e. The second-order valence-corrected chi connectivity index (χ2v) is 3.33. The smallest absolute Gasteiger partial charge is 0.341 e. The molecule has 0 saturated carbocycles. The Hall–Kier alpha value is -1.73. The molecule has 0 aliphatic heterocycles. The average Bonchev–Trinajstić information content (AvgIpc) is 2.33. The van der Waals surface area contributed by atoms with Crippen LogP contribution in [0.5, 0.6) is 0 Å². The predicted octanol–water partition coefficient (Wildman–Crippen LogP) is 0.713. The summed E-state index contributed by atoms with van der Waals surface area (Å²) < 4.78 is 35.6. The molecule has 0 bridgehead atoms. The fraction of sp³-hybridized carbons (Fsp3) is 0.364. The van der Waals surface area contributed by atoms with Crippen molar-refractivity contribution >= 4 is 11.7 Å². The lowest BCUT2D eigenvalue weighted by Crippen LogP contribution is -2.14. The van der Waals surface area contributed by atoms with Gasteiger partial charge in [0.2, 0.25) is 0 Å². The van der Waals surface area contributed by atoms with Crippen LogP contribution in [0.2, 0.25) is 0 Å². The van der Waals surface area contributed by atoms with Gasteiger partial charge < -0.3 is 20.3 Å². The molecule has 1 aromatic rings. The summed E-state index contributed by atoms with van der Waals surface area (Å²) in [6.45, 7) is -0.0490. The number of aliphatic hydroxyl groups is 1. The molecule has 0 unspecified atom stereocenters. The van der Waals surface area contributed by atoms with E-state index < -0.39 is 23.2 Å². The van der Waals surface area contributed by atoms with E-state index in [0.29, 0.717) is 6.07 Å². The third kappa shape index (κ3) is 3.94. The maximum absolute atomic E-state index is 13.3. The van der Waals surface area contributed by atoms with Crippen LogP contribution in [-0.4, -0.2) is 37.5 Å². The third-order valence-corrected chi connectivity index (χ3v) is 2.00. The Bertz CT molecular complexity index is 426. The van der Waals surface area contributed by atoms with Crippen LogP contribution in [0.1, 0.15) is 10.4 Å². The van der Waals surface area contributed by atoms with E-state index in [9.17, 15) is 13.6 Å². The van der Waals surface area contributed by atoms with Gasteiger partial charge in [0.25, 0.3) is 0 Å². The summed E-state index contributed by atoms with van der Waals surface area (Å²) in [7, 11) is 0. The molecule has 100 valence electrons. The molecular formula is C11H13F2NO4. The average molecular weight is 261 g/mol. The first kappa shape index (κ1) is 14.3. The molecule has 1 rings (SSSR count). The minimum absolute atomic E-state index is 0.0740. The zero-order valence-electron chi connectivity index (χ0n) is 9.49. The van der Waals surface area contributed by atoms with E-state index in [1.165, 1.54) is 0 Å². The van der Waals surface area contributed by atoms with E-state index in [-0.39, 0.29) is 32.1 Å². The van der Waals surface area contributed by atoms with Gasteiger partial charge in [-0.05, 0) is 6.07 Å². The van der Waals surface area contributed by atoms with Crippen molar-refractivity contribution in [3.63, 3.8) is 0 Å². The summed E-state index contributed by atoms with van der Waals surface area (Å²) in [5.41, 5.74) is 4.45. The lowest BCUT2D eigenvalue weighted by Gasteiger charge is -2.07. The number of aliphatic hydroxyl groups excluding tert-OH is 1. The third-order valence-electron chi connectivity index (χ3n) is 2.00. The highest BCUT2D eigenvalue weighted by atomic mass is 19.1. The van der Waals surface area contributed by atoms with E-state index in [2.05, 4.69) is 4.74 Å². The molecule has 1 aromatic carbocycles. The number of anilines is 1. The first-order chi connectivity index (χ1) is 8.56. The molecule has 18 heavy (non-hydrogen) atoms. The quantitative estimate of drug-likeness (QED) is 0.448. The second kappa shape index (κ2) is 6.87. The highest BCUT2D eigenvalue weighted by Crippen LogP contribution is 2.17. The van der Waals surface area contributed by atoms with Crippen molar-refractivity contribution in [2.75, 3.05) is 32.2 Å². The van der Waals surface area contributed by atoms with Crippen LogP contribution in [-0.2, 0) is 9.47 Å². The molecule has 0 fully saturated rings. The van der Waals surface area contributed by atoms with E-state index in [1.54, 1.807) is 0 Å². The van der Waals surface area contributed by atoms with E-state index in [4.69, 9.17) is 15.6 Å². The predicted molar refractivity (Wildman–Crippen MR) is 59.0 cm³/mol. The van der Waals surface area contributed by atoms with Gasteiger partial charge in [0.1, 0.15) is 18.2 Å². The molecule has 0 amide bonds. The van der Waals surface area contributed by atoms with E-state index in [1.807, 2.05) is 0 Å². The van der Waals surface area contributed by atoms with Crippen LogP contribution < -0.4 is 5.73 Å². The van der Waals surface area contributed by atoms with Gasteiger partial charge in [-0.15, -0.1) is 0 Å². The Morgan fingerprint density at radius 2 is 1.94 bits per heavy atom. The molecule has 3 N–H and O–H groups in total. The molecule has 0 spiro atoms. The zero-order valence-corrected chi connectivity index (χ0v) is 9.49. The molecule has 0 aliphatic carbocycles. The summed E-state index contributed by atoms with van der Waals surface area (Å²) in [5, 5.41) is 8.41. The van der Waals surface area contributed by atoms with E-state index in [0.717, 1.165) is 6.07 Å². The number of rotatable bonds is 6. The van der Waals surface area contributed by atoms with Crippen molar-refractivity contribution in [1.82, 2.24) is 0 Å². The molecule has 0 saturated heterocycles. The van der Waals surface area contributed by atoms with Gasteiger partial charge in [0.15, 0.2) is 0 Å². The summed E-state index contributed by atoms with van der Waals surface area (Å²) in [6, 6.07) is 1.40. The van der Waals surface area contributed by atoms with Gasteiger partial charge in [-0.3, -0.25) is 0 Å². The van der Waals surface area contributed by atoms with Crippen molar-refractivity contribution in [2.45, 2.75) is 0 Å². The summed E-state index contributed by atoms with van der Waals surface area (Å²) in [6.07, 6.45) is 0. The molecule has 5 nitrogen and oxygen atoms in total. The Labute approximate surface area is 102 Å². The lowest BCUT2D eigenvalue weighted by atomic mass is 10.2. The SMILES string of the molecule is Nc1cc(C(=O)OCCOCCO)c(F)cc1F. The number of benzene rings is 1. The molecule has 0 atom stereocenters. The monoisotopic (exact) mass is 261 g/mol. The normalized spacial score (nSPS) is 10.4. The van der Waals surface area contributed by atoms with Gasteiger partial charge in [-0.2, -0.15) is 0 Å². The topological polar surface area (TPSA) is 81.8 Å². The highest BCUT2D eigenvalue weighted by molar-refractivity contribution is 5.90. The molecule has 0 aromatic heterocycles. The maximum atomic E-state index is 13.3. The first-order valence-corrected chi connectivity index (χ1v) is 5.16. The Morgan fingerprint density at radius 1 is 1.22 bits per heavy atom. The number of hydrogen-bond donors (Lipinski definition) is 2. The summed E-state index contributed by atoms with van der Waals surface area (Å²) in [5.74, 6) is -2.93. The molecule has 0 aliphatic rings. The number of nitrogen functional groups attached to an aromatic ring is 1. The fourth-order valence-electron chi connectivity index (χ4n) is 1.16. The summed E-state index contributed by atoms with van der Waals surface area (Å²) in [4.78, 5) is 11.4. The van der Waals surface area contributed by atoms with Gasteiger partial charge in [-0.25, -0.2) is 13.6 Å². The van der Waals surface area contributed by atoms with Crippen molar-refractivity contribution in [2.24, 2.45) is 0 Å². The van der Waals surface area contributed by atoms with E-state index >= 15 is 0 Å². The van der Waals surface area contributed by atoms with Gasteiger partial charge in [0.05, 0.1) is 31.1 Å². The molecule has 0 radical (unpaired) electrons. The molecular weight excluding hydrogens is 248 g/mol. The van der Waals surface area contributed by atoms with Gasteiger partial charge in [0, 0.05) is 6.07 Å². The first-order valence-electron chi connectivity index (χ1n) is 5.16. The highest BCUT2D eigenvalue weighted by Gasteiger charge is 2.16. The minimum atomic E-state index is -1.04. The number of carbonyl (C=O) groups excluding carboxylic acids is 1. The van der Waals surface area contributed by atoms with Crippen LogP contribution in [0.3, 0.4) is 0 Å². The van der Waals surface area contributed by atoms with Gasteiger partial charge in [-0.1, -0.05) is 0 Å². The Morgan fingerprint density at radius 3 is 2.61 bits per heavy atom. The largest absolute Gasteiger partial charge is 0.460 e. The van der Waals surface area contributed by atoms with Gasteiger partial charge >= 0.3 is 5.97 Å². The van der Waals surface area contributed by atoms with Crippen molar-refractivity contribution in [3.8, 4) is 0 Å². The molecule has 7 heteroatoms. The number of halogens is 2. The van der Waals surface area contributed by atoms with Crippen molar-refractivity contribution < 1.29 is 28.2 Å². The van der Waals surface area contributed by atoms with Crippen LogP contribution in [0, 0.1) is 11.6 Å². The Kier molecular flexibility index (Phi) is 5.47. The number of nitrogens with two attached hydrogens (primary N) is 1. The lowest BCUT2D eigenvalue weighted by molar-refractivity contribution is 0.0254. The zero-order chi connectivity index (χ0) is 13.5. The maximum Gasteiger partial charge on any atom is 0.341 e. The number of esters is 1. The van der Waals surface area contributed by atoms with Crippen LogP contribution >= 0.6 is 0 Å². The molecule has 0 heterocycles. The number of carbonyl (C=O) groups is 1. The number of ether oxygens (including phenoxy) is 2. The van der Waals surface area contributed by atoms with Crippen molar-refractivity contribution in [3.05, 3.63) is 29.3 Å². The number of hydrogen-bond acceptors (Lipinski definition) is 5. The fourth-order valence-corrected chi connectivity index (χ4v) is 1.16. The van der Waals surface area contributed by atoms with Crippen LogP contribution in [0.25, 0.3) is 0 Å². The van der Waals surface area contributed by atoms with Crippen LogP contribution in [0.4, 0.5) is 14.5 Å².